The number of fused-ring (bicyclic) bond motifs is 1. The van der Waals surface area contributed by atoms with Gasteiger partial charge in [0.05, 0.1) is 41.5 Å². The molecule has 0 radical (unpaired) electrons. The first kappa shape index (κ1) is 22.9. The zero-order chi connectivity index (χ0) is 21.9. The van der Waals surface area contributed by atoms with Crippen LogP contribution in [0.25, 0.3) is 10.9 Å². The van der Waals surface area contributed by atoms with Gasteiger partial charge in [-0.25, -0.2) is 9.78 Å². The number of aliphatic hydroxyl groups is 1. The van der Waals surface area contributed by atoms with E-state index in [9.17, 15) is 19.5 Å². The second-order valence-electron chi connectivity index (χ2n) is 7.88. The van der Waals surface area contributed by atoms with Crippen molar-refractivity contribution >= 4 is 34.5 Å². The lowest BCUT2D eigenvalue weighted by Crippen LogP contribution is -2.44. The van der Waals surface area contributed by atoms with Crippen molar-refractivity contribution in [2.75, 3.05) is 7.11 Å². The number of hydrogen-bond acceptors (Lipinski definition) is 7. The summed E-state index contributed by atoms with van der Waals surface area (Å²) < 4.78 is 6.08. The third-order valence-corrected chi connectivity index (χ3v) is 5.03. The van der Waals surface area contributed by atoms with E-state index in [0.29, 0.717) is 16.1 Å². The van der Waals surface area contributed by atoms with E-state index in [4.69, 9.17) is 4.74 Å². The van der Waals surface area contributed by atoms with Gasteiger partial charge in [0.15, 0.2) is 5.16 Å². The third-order valence-electron chi connectivity index (χ3n) is 3.94. The predicted octanol–water partition coefficient (Wildman–Crippen LogP) is 1.96. The fourth-order valence-electron chi connectivity index (χ4n) is 2.64. The molecule has 158 valence electrons. The number of hydrogen-bond donors (Lipinski definition) is 2. The highest BCUT2D eigenvalue weighted by Crippen LogP contribution is 2.24. The Morgan fingerprint density at radius 1 is 1.31 bits per heavy atom. The summed E-state index contributed by atoms with van der Waals surface area (Å²) in [6.45, 7) is 8.98. The number of methoxy groups -OCH3 is 1. The summed E-state index contributed by atoms with van der Waals surface area (Å²) in [5.41, 5.74) is -0.143. The summed E-state index contributed by atoms with van der Waals surface area (Å²) >= 11 is 1.12. The summed E-state index contributed by atoms with van der Waals surface area (Å²) in [7, 11) is 1.28. The average Bonchev–Trinajstić information content (AvgIpc) is 2.62. The molecule has 1 heterocycles. The average molecular weight is 422 g/mol. The van der Waals surface area contributed by atoms with Gasteiger partial charge in [0.1, 0.15) is 0 Å². The van der Waals surface area contributed by atoms with Crippen LogP contribution in [0, 0.1) is 0 Å². The van der Waals surface area contributed by atoms with E-state index in [1.807, 2.05) is 20.8 Å². The Morgan fingerprint density at radius 3 is 2.52 bits per heavy atom. The standard InChI is InChI=1S/C20H27N3O5S/c1-11(24)10-23-17(26)14-8-7-13(18(27)28-6)9-15(14)21-19(23)29-12(2)16(25)22-20(3,4)5/h7-9,11-12,24H,10H2,1-6H3,(H,22,25)/t11-,12+/m1/s1. The first-order valence-electron chi connectivity index (χ1n) is 9.22. The molecule has 0 aliphatic carbocycles. The van der Waals surface area contributed by atoms with Crippen molar-refractivity contribution in [3.63, 3.8) is 0 Å². The topological polar surface area (TPSA) is 111 Å². The van der Waals surface area contributed by atoms with E-state index in [2.05, 4.69) is 10.3 Å². The molecule has 0 spiro atoms. The molecule has 0 fully saturated rings. The molecule has 0 aliphatic heterocycles. The molecule has 2 rings (SSSR count). The SMILES string of the molecule is COC(=O)c1ccc2c(=O)n(C[C@@H](C)O)c(S[C@@H](C)C(=O)NC(C)(C)C)nc2c1. The number of carbonyl (C=O) groups excluding carboxylic acids is 2. The number of esters is 1. The van der Waals surface area contributed by atoms with Gasteiger partial charge in [-0.05, 0) is 52.8 Å². The van der Waals surface area contributed by atoms with Gasteiger partial charge >= 0.3 is 5.97 Å². The van der Waals surface area contributed by atoms with E-state index >= 15 is 0 Å². The maximum absolute atomic E-state index is 13.0. The second-order valence-corrected chi connectivity index (χ2v) is 9.19. The zero-order valence-electron chi connectivity index (χ0n) is 17.5. The Hall–Kier alpha value is -2.39. The molecule has 1 aromatic carbocycles. The van der Waals surface area contributed by atoms with E-state index in [-0.39, 0.29) is 23.6 Å². The summed E-state index contributed by atoms with van der Waals surface area (Å²) in [6.07, 6.45) is -0.778. The van der Waals surface area contributed by atoms with Crippen molar-refractivity contribution < 1.29 is 19.4 Å². The Bertz CT molecular complexity index is 978. The molecular formula is C20H27N3O5S. The minimum Gasteiger partial charge on any atom is -0.465 e. The number of ether oxygens (including phenoxy) is 1. The van der Waals surface area contributed by atoms with Gasteiger partial charge < -0.3 is 15.2 Å². The van der Waals surface area contributed by atoms with Crippen LogP contribution >= 0.6 is 11.8 Å². The lowest BCUT2D eigenvalue weighted by atomic mass is 10.1. The van der Waals surface area contributed by atoms with Crippen LogP contribution in [-0.2, 0) is 16.1 Å². The van der Waals surface area contributed by atoms with Crippen LogP contribution in [0.2, 0.25) is 0 Å². The molecule has 2 aromatic rings. The van der Waals surface area contributed by atoms with Crippen LogP contribution in [-0.4, -0.2) is 50.5 Å². The minimum absolute atomic E-state index is 0.0382. The van der Waals surface area contributed by atoms with Gasteiger partial charge in [0.25, 0.3) is 5.56 Å². The summed E-state index contributed by atoms with van der Waals surface area (Å²) in [6, 6.07) is 4.50. The number of thioether (sulfide) groups is 1. The van der Waals surface area contributed by atoms with E-state index in [1.165, 1.54) is 29.9 Å². The van der Waals surface area contributed by atoms with E-state index in [0.717, 1.165) is 11.8 Å². The van der Waals surface area contributed by atoms with Gasteiger partial charge in [-0.1, -0.05) is 11.8 Å². The highest BCUT2D eigenvalue weighted by atomic mass is 32.2. The Labute approximate surface area is 173 Å². The molecule has 29 heavy (non-hydrogen) atoms. The number of benzene rings is 1. The van der Waals surface area contributed by atoms with Crippen molar-refractivity contribution in [1.29, 1.82) is 0 Å². The molecule has 0 saturated carbocycles. The van der Waals surface area contributed by atoms with Crippen LogP contribution < -0.4 is 10.9 Å². The Morgan fingerprint density at radius 2 is 1.97 bits per heavy atom. The van der Waals surface area contributed by atoms with E-state index < -0.39 is 22.9 Å². The quantitative estimate of drug-likeness (QED) is 0.417. The molecule has 0 saturated heterocycles. The number of rotatable bonds is 6. The molecule has 2 atom stereocenters. The Kier molecular flexibility index (Phi) is 7.07. The van der Waals surface area contributed by atoms with Crippen LogP contribution in [0.3, 0.4) is 0 Å². The van der Waals surface area contributed by atoms with Crippen LogP contribution in [0.1, 0.15) is 45.0 Å². The van der Waals surface area contributed by atoms with Crippen molar-refractivity contribution in [3.05, 3.63) is 34.1 Å². The van der Waals surface area contributed by atoms with Crippen molar-refractivity contribution in [2.24, 2.45) is 0 Å². The molecule has 1 amide bonds. The number of amides is 1. The summed E-state index contributed by atoms with van der Waals surface area (Å²) in [4.78, 5) is 41.8. The number of nitrogens with one attached hydrogen (secondary N) is 1. The Balaban J connectivity index is 2.53. The maximum Gasteiger partial charge on any atom is 0.337 e. The van der Waals surface area contributed by atoms with Gasteiger partial charge in [-0.15, -0.1) is 0 Å². The van der Waals surface area contributed by atoms with Gasteiger partial charge in [-0.3, -0.25) is 14.2 Å². The monoisotopic (exact) mass is 421 g/mol. The fraction of sp³-hybridized carbons (Fsp3) is 0.500. The third kappa shape index (κ3) is 5.80. The second kappa shape index (κ2) is 8.96. The van der Waals surface area contributed by atoms with Crippen molar-refractivity contribution in [1.82, 2.24) is 14.9 Å². The zero-order valence-corrected chi connectivity index (χ0v) is 18.3. The predicted molar refractivity (Wildman–Crippen MR) is 112 cm³/mol. The molecule has 9 heteroatoms. The van der Waals surface area contributed by atoms with Crippen LogP contribution in [0.4, 0.5) is 0 Å². The maximum atomic E-state index is 13.0. The molecule has 0 aliphatic rings. The van der Waals surface area contributed by atoms with Crippen molar-refractivity contribution in [2.45, 2.75) is 63.2 Å². The molecule has 8 nitrogen and oxygen atoms in total. The molecular weight excluding hydrogens is 394 g/mol. The number of nitrogens with zero attached hydrogens (tertiary/aromatic N) is 2. The number of aliphatic hydroxyl groups excluding tert-OH is 1. The number of carbonyl (C=O) groups is 2. The molecule has 1 aromatic heterocycles. The highest BCUT2D eigenvalue weighted by Gasteiger charge is 2.23. The summed E-state index contributed by atoms with van der Waals surface area (Å²) in [5, 5.41) is 12.8. The molecule has 0 bridgehead atoms. The molecule has 0 unspecified atom stereocenters. The summed E-state index contributed by atoms with van der Waals surface area (Å²) in [5.74, 6) is -0.724. The van der Waals surface area contributed by atoms with Gasteiger partial charge in [0, 0.05) is 5.54 Å². The lowest BCUT2D eigenvalue weighted by Gasteiger charge is -2.23. The fourth-order valence-corrected chi connectivity index (χ4v) is 3.56. The first-order valence-corrected chi connectivity index (χ1v) is 10.1. The smallest absolute Gasteiger partial charge is 0.337 e. The molecule has 2 N–H and O–H groups in total. The van der Waals surface area contributed by atoms with E-state index in [1.54, 1.807) is 13.8 Å². The van der Waals surface area contributed by atoms with Crippen LogP contribution in [0.5, 0.6) is 0 Å². The highest BCUT2D eigenvalue weighted by molar-refractivity contribution is 8.00. The van der Waals surface area contributed by atoms with Gasteiger partial charge in [-0.2, -0.15) is 0 Å². The lowest BCUT2D eigenvalue weighted by molar-refractivity contribution is -0.121. The van der Waals surface area contributed by atoms with Gasteiger partial charge in [0.2, 0.25) is 5.91 Å². The van der Waals surface area contributed by atoms with Crippen molar-refractivity contribution in [3.8, 4) is 0 Å². The number of aromatic nitrogens is 2. The normalized spacial score (nSPS) is 13.8. The first-order chi connectivity index (χ1) is 13.4. The largest absolute Gasteiger partial charge is 0.465 e. The van der Waals surface area contributed by atoms with Crippen LogP contribution in [0.15, 0.2) is 28.2 Å². The minimum atomic E-state index is -0.778.